The van der Waals surface area contributed by atoms with Crippen LogP contribution in [-0.4, -0.2) is 40.2 Å². The Kier molecular flexibility index (Phi) is 5.22. The van der Waals surface area contributed by atoms with Crippen LogP contribution in [0.4, 0.5) is 5.69 Å². The number of anilines is 1. The summed E-state index contributed by atoms with van der Waals surface area (Å²) < 4.78 is 5.42. The highest BCUT2D eigenvalue weighted by Crippen LogP contribution is 2.29. The van der Waals surface area contributed by atoms with Gasteiger partial charge in [0.1, 0.15) is 11.6 Å². The van der Waals surface area contributed by atoms with Crippen LogP contribution in [0.25, 0.3) is 11.0 Å². The van der Waals surface area contributed by atoms with E-state index >= 15 is 0 Å². The average Bonchev–Trinajstić information content (AvgIpc) is 3.11. The van der Waals surface area contributed by atoms with Crippen LogP contribution in [-0.2, 0) is 0 Å². The van der Waals surface area contributed by atoms with E-state index in [-0.39, 0.29) is 0 Å². The van der Waals surface area contributed by atoms with E-state index in [0.717, 1.165) is 59.3 Å². The molecule has 3 aromatic rings. The van der Waals surface area contributed by atoms with Gasteiger partial charge in [-0.3, -0.25) is 0 Å². The number of ether oxygens (including phenoxy) is 1. The normalized spacial score (nSPS) is 17.0. The van der Waals surface area contributed by atoms with Gasteiger partial charge in [-0.05, 0) is 74.3 Å². The van der Waals surface area contributed by atoms with Gasteiger partial charge in [-0.2, -0.15) is 0 Å². The minimum Gasteiger partial charge on any atom is -0.495 e. The van der Waals surface area contributed by atoms with Crippen molar-refractivity contribution >= 4 is 34.1 Å². The van der Waals surface area contributed by atoms with E-state index in [9.17, 15) is 0 Å². The Morgan fingerprint density at radius 1 is 1.25 bits per heavy atom. The second-order valence-corrected chi connectivity index (χ2v) is 7.88. The van der Waals surface area contributed by atoms with Crippen molar-refractivity contribution in [3.8, 4) is 5.75 Å². The number of aromatic amines is 1. The summed E-state index contributed by atoms with van der Waals surface area (Å²) in [6, 6.07) is 12.2. The molecule has 146 valence electrons. The van der Waals surface area contributed by atoms with Gasteiger partial charge in [0.2, 0.25) is 0 Å². The van der Waals surface area contributed by atoms with Crippen molar-refractivity contribution in [2.45, 2.75) is 32.6 Å². The minimum absolute atomic E-state index is 0.346. The Hall–Kier alpha value is -2.60. The van der Waals surface area contributed by atoms with Crippen LogP contribution < -0.4 is 10.1 Å². The molecule has 1 aromatic heterocycles. The van der Waals surface area contributed by atoms with Crippen LogP contribution in [0.1, 0.15) is 35.7 Å². The Labute approximate surface area is 171 Å². The molecule has 4 rings (SSSR count). The van der Waals surface area contributed by atoms with Gasteiger partial charge in [-0.1, -0.05) is 12.1 Å². The predicted octanol–water partition coefficient (Wildman–Crippen LogP) is 4.76. The Balaban J connectivity index is 1.50. The molecule has 0 spiro atoms. The van der Waals surface area contributed by atoms with E-state index in [1.54, 1.807) is 7.11 Å². The van der Waals surface area contributed by atoms with Gasteiger partial charge < -0.3 is 19.9 Å². The lowest BCUT2D eigenvalue weighted by Gasteiger charge is -2.34. The molecular formula is C22H26N4OS. The Morgan fingerprint density at radius 3 is 2.86 bits per heavy atom. The number of para-hydroxylation sites is 2. The highest BCUT2D eigenvalue weighted by molar-refractivity contribution is 7.80. The first-order valence-electron chi connectivity index (χ1n) is 9.71. The van der Waals surface area contributed by atoms with Gasteiger partial charge in [-0.15, -0.1) is 0 Å². The maximum absolute atomic E-state index is 5.69. The summed E-state index contributed by atoms with van der Waals surface area (Å²) in [7, 11) is 1.67. The number of benzene rings is 2. The maximum Gasteiger partial charge on any atom is 0.173 e. The summed E-state index contributed by atoms with van der Waals surface area (Å²) in [5.41, 5.74) is 5.62. The zero-order valence-corrected chi connectivity index (χ0v) is 17.4. The summed E-state index contributed by atoms with van der Waals surface area (Å²) in [5.74, 6) is 2.20. The van der Waals surface area contributed by atoms with E-state index in [1.165, 1.54) is 11.1 Å². The molecule has 6 heteroatoms. The maximum atomic E-state index is 5.69. The van der Waals surface area contributed by atoms with Crippen LogP contribution >= 0.6 is 12.2 Å². The topological polar surface area (TPSA) is 53.2 Å². The van der Waals surface area contributed by atoms with Crippen LogP contribution in [0, 0.1) is 13.8 Å². The molecule has 2 heterocycles. The largest absolute Gasteiger partial charge is 0.495 e. The molecule has 2 N–H and O–H groups in total. The van der Waals surface area contributed by atoms with Gasteiger partial charge in [-0.25, -0.2) is 4.98 Å². The number of hydrogen-bond donors (Lipinski definition) is 2. The van der Waals surface area contributed by atoms with Crippen molar-refractivity contribution < 1.29 is 4.74 Å². The fourth-order valence-corrected chi connectivity index (χ4v) is 4.09. The highest BCUT2D eigenvalue weighted by Gasteiger charge is 2.25. The average molecular weight is 395 g/mol. The SMILES string of the molecule is COc1ccccc1NC(=S)N1CCC[C@H](c2nc3cc(C)c(C)cc3[nH]2)C1. The van der Waals surface area contributed by atoms with E-state index in [4.69, 9.17) is 21.9 Å². The third-order valence-corrected chi connectivity index (χ3v) is 5.92. The number of fused-ring (bicyclic) bond motifs is 1. The first-order chi connectivity index (χ1) is 13.5. The summed E-state index contributed by atoms with van der Waals surface area (Å²) in [6.07, 6.45) is 2.21. The van der Waals surface area contributed by atoms with Gasteiger partial charge in [0, 0.05) is 19.0 Å². The van der Waals surface area contributed by atoms with Crippen LogP contribution in [0.2, 0.25) is 0 Å². The van der Waals surface area contributed by atoms with Gasteiger partial charge in [0.25, 0.3) is 0 Å². The van der Waals surface area contributed by atoms with E-state index < -0.39 is 0 Å². The van der Waals surface area contributed by atoms with Crippen molar-refractivity contribution in [2.75, 3.05) is 25.5 Å². The number of aromatic nitrogens is 2. The van der Waals surface area contributed by atoms with Gasteiger partial charge >= 0.3 is 0 Å². The second-order valence-electron chi connectivity index (χ2n) is 7.49. The quantitative estimate of drug-likeness (QED) is 0.627. The number of imidazole rings is 1. The van der Waals surface area contributed by atoms with Crippen LogP contribution in [0.5, 0.6) is 5.75 Å². The van der Waals surface area contributed by atoms with Crippen LogP contribution in [0.15, 0.2) is 36.4 Å². The first kappa shape index (κ1) is 18.7. The summed E-state index contributed by atoms with van der Waals surface area (Å²) in [4.78, 5) is 10.7. The molecule has 28 heavy (non-hydrogen) atoms. The van der Waals surface area contributed by atoms with E-state index in [0.29, 0.717) is 5.92 Å². The van der Waals surface area contributed by atoms with Crippen molar-refractivity contribution in [3.05, 3.63) is 53.3 Å². The molecule has 0 aliphatic carbocycles. The second kappa shape index (κ2) is 7.80. The molecule has 0 amide bonds. The van der Waals surface area contributed by atoms with Gasteiger partial charge in [0.15, 0.2) is 5.11 Å². The fraction of sp³-hybridized carbons (Fsp3) is 0.364. The number of piperidine rings is 1. The fourth-order valence-electron chi connectivity index (χ4n) is 3.81. The molecule has 0 radical (unpaired) electrons. The van der Waals surface area contributed by atoms with Crippen molar-refractivity contribution in [1.29, 1.82) is 0 Å². The monoisotopic (exact) mass is 394 g/mol. The summed E-state index contributed by atoms with van der Waals surface area (Å²) in [5, 5.41) is 4.08. The van der Waals surface area contributed by atoms with Crippen LogP contribution in [0.3, 0.4) is 0 Å². The zero-order chi connectivity index (χ0) is 19.7. The molecule has 1 aliphatic rings. The lowest BCUT2D eigenvalue weighted by molar-refractivity contribution is 0.306. The smallest absolute Gasteiger partial charge is 0.173 e. The van der Waals surface area contributed by atoms with Gasteiger partial charge in [0.05, 0.1) is 23.8 Å². The molecule has 1 atom stereocenters. The zero-order valence-electron chi connectivity index (χ0n) is 16.6. The first-order valence-corrected chi connectivity index (χ1v) is 10.1. The molecule has 5 nitrogen and oxygen atoms in total. The van der Waals surface area contributed by atoms with Crippen molar-refractivity contribution in [3.63, 3.8) is 0 Å². The number of H-pyrrole nitrogens is 1. The molecule has 0 bridgehead atoms. The number of likely N-dealkylation sites (tertiary alicyclic amines) is 1. The Bertz CT molecular complexity index is 974. The van der Waals surface area contributed by atoms with E-state index in [1.807, 2.05) is 24.3 Å². The number of methoxy groups -OCH3 is 1. The third kappa shape index (κ3) is 3.69. The summed E-state index contributed by atoms with van der Waals surface area (Å²) >= 11 is 5.69. The van der Waals surface area contributed by atoms with Crippen molar-refractivity contribution in [2.24, 2.45) is 0 Å². The highest BCUT2D eigenvalue weighted by atomic mass is 32.1. The minimum atomic E-state index is 0.346. The molecule has 0 saturated carbocycles. The standard InChI is InChI=1S/C22H26N4OS/c1-14-11-18-19(12-15(14)2)24-21(23-18)16-7-6-10-26(13-16)22(28)25-17-8-4-5-9-20(17)27-3/h4-5,8-9,11-12,16H,6-7,10,13H2,1-3H3,(H,23,24)(H,25,28)/t16-/m0/s1. The van der Waals surface area contributed by atoms with E-state index in [2.05, 4.69) is 41.2 Å². The summed E-state index contributed by atoms with van der Waals surface area (Å²) in [6.45, 7) is 6.09. The molecule has 2 aromatic carbocycles. The number of nitrogens with zero attached hydrogens (tertiary/aromatic N) is 2. The number of rotatable bonds is 3. The number of aryl methyl sites for hydroxylation is 2. The number of hydrogen-bond acceptors (Lipinski definition) is 3. The third-order valence-electron chi connectivity index (χ3n) is 5.56. The lowest BCUT2D eigenvalue weighted by Crippen LogP contribution is -2.41. The molecule has 1 aliphatic heterocycles. The molecular weight excluding hydrogens is 368 g/mol. The number of nitrogens with one attached hydrogen (secondary N) is 2. The van der Waals surface area contributed by atoms with Crippen molar-refractivity contribution in [1.82, 2.24) is 14.9 Å². The Morgan fingerprint density at radius 2 is 2.04 bits per heavy atom. The number of thiocarbonyl (C=S) groups is 1. The predicted molar refractivity (Wildman–Crippen MR) is 118 cm³/mol. The molecule has 1 saturated heterocycles. The molecule has 0 unspecified atom stereocenters. The lowest BCUT2D eigenvalue weighted by atomic mass is 9.98. The molecule has 1 fully saturated rings.